The van der Waals surface area contributed by atoms with Crippen molar-refractivity contribution in [2.75, 3.05) is 24.9 Å². The zero-order chi connectivity index (χ0) is 23.8. The Bertz CT molecular complexity index is 1170. The zero-order valence-corrected chi connectivity index (χ0v) is 18.4. The fraction of sp³-hybridized carbons (Fsp3) is 0.273. The molecule has 0 aliphatic carbocycles. The molecule has 11 heteroatoms. The van der Waals surface area contributed by atoms with Crippen molar-refractivity contribution in [3.63, 3.8) is 0 Å². The third-order valence-corrected chi connectivity index (χ3v) is 5.64. The van der Waals surface area contributed by atoms with Crippen LogP contribution in [-0.4, -0.2) is 36.1 Å². The fourth-order valence-electron chi connectivity index (χ4n) is 3.73. The Labute approximate surface area is 192 Å². The molecule has 0 bridgehead atoms. The lowest BCUT2D eigenvalue weighted by Gasteiger charge is -2.33. The van der Waals surface area contributed by atoms with Crippen LogP contribution in [0.25, 0.3) is 0 Å². The molecule has 0 radical (unpaired) electrons. The summed E-state index contributed by atoms with van der Waals surface area (Å²) in [5.41, 5.74) is 0.761. The number of halogens is 4. The molecule has 0 fully saturated rings. The number of benzene rings is 2. The van der Waals surface area contributed by atoms with Crippen LogP contribution < -0.4 is 20.1 Å². The van der Waals surface area contributed by atoms with Gasteiger partial charge in [-0.25, -0.2) is 4.68 Å². The summed E-state index contributed by atoms with van der Waals surface area (Å²) < 4.78 is 52.8. The first kappa shape index (κ1) is 22.8. The number of nitrogens with zero attached hydrogens (tertiary/aromatic N) is 2. The number of carbonyl (C=O) groups excluding carboxylic acids is 1. The molecule has 0 unspecified atom stereocenters. The minimum absolute atomic E-state index is 0.100. The number of rotatable bonds is 5. The molecule has 2 heterocycles. The van der Waals surface area contributed by atoms with E-state index in [2.05, 4.69) is 15.7 Å². The second-order valence-corrected chi connectivity index (χ2v) is 7.81. The predicted molar refractivity (Wildman–Crippen MR) is 117 cm³/mol. The van der Waals surface area contributed by atoms with E-state index < -0.39 is 24.2 Å². The maximum Gasteiger partial charge on any atom is 0.410 e. The summed E-state index contributed by atoms with van der Waals surface area (Å²) >= 11 is 6.08. The lowest BCUT2D eigenvalue weighted by molar-refractivity contribution is -0.173. The van der Waals surface area contributed by atoms with Crippen LogP contribution in [0.5, 0.6) is 11.5 Å². The van der Waals surface area contributed by atoms with Crippen LogP contribution in [0.2, 0.25) is 5.02 Å². The van der Waals surface area contributed by atoms with E-state index in [1.54, 1.807) is 30.3 Å². The number of anilines is 2. The third kappa shape index (κ3) is 4.56. The average molecular weight is 481 g/mol. The second-order valence-electron chi connectivity index (χ2n) is 7.40. The van der Waals surface area contributed by atoms with Gasteiger partial charge in [0, 0.05) is 24.6 Å². The Morgan fingerprint density at radius 3 is 2.48 bits per heavy atom. The first-order chi connectivity index (χ1) is 15.7. The number of methoxy groups -OCH3 is 2. The standard InChI is InChI=1S/C22H20ClF3N4O3/c1-32-17-9-15(18(33-2)8-13(17)23)28-21(31)16-11-20-27-14(12-6-4-3-5-7-12)10-19(22(24,25)26)30(20)29-16/h3-9,11,14,19,27H,10H2,1-2H3,(H,28,31)/t14-,19-/m0/s1. The molecule has 3 aromatic rings. The third-order valence-electron chi connectivity index (χ3n) is 5.35. The van der Waals surface area contributed by atoms with E-state index in [-0.39, 0.29) is 34.4 Å². The monoisotopic (exact) mass is 480 g/mol. The number of fused-ring (bicyclic) bond motifs is 1. The molecule has 1 aliphatic rings. The number of alkyl halides is 3. The predicted octanol–water partition coefficient (Wildman–Crippen LogP) is 5.47. The van der Waals surface area contributed by atoms with Crippen molar-refractivity contribution in [3.8, 4) is 11.5 Å². The molecule has 2 N–H and O–H groups in total. The Hall–Kier alpha value is -3.40. The van der Waals surface area contributed by atoms with Gasteiger partial charge in [-0.1, -0.05) is 41.9 Å². The summed E-state index contributed by atoms with van der Waals surface area (Å²) in [5, 5.41) is 9.89. The van der Waals surface area contributed by atoms with Crippen molar-refractivity contribution in [2.24, 2.45) is 0 Å². The van der Waals surface area contributed by atoms with Gasteiger partial charge in [0.15, 0.2) is 11.7 Å². The largest absolute Gasteiger partial charge is 0.495 e. The highest BCUT2D eigenvalue weighted by Crippen LogP contribution is 2.44. The van der Waals surface area contributed by atoms with Crippen molar-refractivity contribution < 1.29 is 27.4 Å². The van der Waals surface area contributed by atoms with Crippen molar-refractivity contribution in [2.45, 2.75) is 24.7 Å². The first-order valence-corrected chi connectivity index (χ1v) is 10.3. The van der Waals surface area contributed by atoms with Crippen molar-refractivity contribution in [3.05, 3.63) is 64.8 Å². The number of aromatic nitrogens is 2. The Morgan fingerprint density at radius 1 is 1.15 bits per heavy atom. The van der Waals surface area contributed by atoms with Gasteiger partial charge in [-0.15, -0.1) is 0 Å². The summed E-state index contributed by atoms with van der Waals surface area (Å²) in [7, 11) is 2.81. The molecule has 1 aliphatic heterocycles. The van der Waals surface area contributed by atoms with E-state index in [4.69, 9.17) is 21.1 Å². The highest BCUT2D eigenvalue weighted by molar-refractivity contribution is 6.32. The molecule has 2 atom stereocenters. The summed E-state index contributed by atoms with van der Waals surface area (Å²) in [4.78, 5) is 12.9. The highest BCUT2D eigenvalue weighted by Gasteiger charge is 2.46. The number of ether oxygens (including phenoxy) is 2. The summed E-state index contributed by atoms with van der Waals surface area (Å²) in [5.74, 6) is -0.0586. The Morgan fingerprint density at radius 2 is 1.85 bits per heavy atom. The number of nitrogens with one attached hydrogen (secondary N) is 2. The van der Waals surface area contributed by atoms with Crippen LogP contribution in [0, 0.1) is 0 Å². The minimum Gasteiger partial charge on any atom is -0.495 e. The molecular formula is C22H20ClF3N4O3. The van der Waals surface area contributed by atoms with Crippen molar-refractivity contribution >= 4 is 29.0 Å². The fourth-order valence-corrected chi connectivity index (χ4v) is 3.96. The van der Waals surface area contributed by atoms with Gasteiger partial charge in [-0.3, -0.25) is 4.79 Å². The van der Waals surface area contributed by atoms with E-state index in [0.717, 1.165) is 4.68 Å². The summed E-state index contributed by atoms with van der Waals surface area (Å²) in [6.07, 6.45) is -4.80. The molecule has 4 rings (SSSR count). The topological polar surface area (TPSA) is 77.4 Å². The van der Waals surface area contributed by atoms with Crippen LogP contribution in [0.3, 0.4) is 0 Å². The molecule has 0 spiro atoms. The zero-order valence-electron chi connectivity index (χ0n) is 17.6. The lowest BCUT2D eigenvalue weighted by Crippen LogP contribution is -2.35. The van der Waals surface area contributed by atoms with Gasteiger partial charge in [-0.2, -0.15) is 18.3 Å². The summed E-state index contributed by atoms with van der Waals surface area (Å²) in [6, 6.07) is 10.6. The van der Waals surface area contributed by atoms with Gasteiger partial charge in [0.05, 0.1) is 31.0 Å². The highest BCUT2D eigenvalue weighted by atomic mass is 35.5. The quantitative estimate of drug-likeness (QED) is 0.506. The molecule has 174 valence electrons. The number of carbonyl (C=O) groups is 1. The minimum atomic E-state index is -4.55. The van der Waals surface area contributed by atoms with Gasteiger partial charge in [0.1, 0.15) is 17.3 Å². The molecule has 33 heavy (non-hydrogen) atoms. The van der Waals surface area contributed by atoms with Crippen LogP contribution in [0.15, 0.2) is 48.5 Å². The number of hydrogen-bond donors (Lipinski definition) is 2. The number of amides is 1. The Kier molecular flexibility index (Phi) is 6.11. The van der Waals surface area contributed by atoms with E-state index in [9.17, 15) is 18.0 Å². The van der Waals surface area contributed by atoms with Gasteiger partial charge in [0.2, 0.25) is 0 Å². The van der Waals surface area contributed by atoms with Crippen LogP contribution >= 0.6 is 11.6 Å². The second kappa shape index (κ2) is 8.86. The molecule has 7 nitrogen and oxygen atoms in total. The lowest BCUT2D eigenvalue weighted by atomic mass is 9.97. The first-order valence-electron chi connectivity index (χ1n) is 9.92. The van der Waals surface area contributed by atoms with E-state index in [1.807, 2.05) is 0 Å². The van der Waals surface area contributed by atoms with Crippen molar-refractivity contribution in [1.29, 1.82) is 0 Å². The summed E-state index contributed by atoms with van der Waals surface area (Å²) in [6.45, 7) is 0. The van der Waals surface area contributed by atoms with Crippen LogP contribution in [0.4, 0.5) is 24.7 Å². The maximum absolute atomic E-state index is 13.9. The van der Waals surface area contributed by atoms with Gasteiger partial charge in [0.25, 0.3) is 5.91 Å². The van der Waals surface area contributed by atoms with Gasteiger partial charge in [-0.05, 0) is 5.56 Å². The SMILES string of the molecule is COc1cc(NC(=O)c2cc3n(n2)[C@H](C(F)(F)F)C[C@@H](c2ccccc2)N3)c(OC)cc1Cl. The normalized spacial score (nSPS) is 17.6. The smallest absolute Gasteiger partial charge is 0.410 e. The van der Waals surface area contributed by atoms with Gasteiger partial charge >= 0.3 is 6.18 Å². The van der Waals surface area contributed by atoms with E-state index in [1.165, 1.54) is 32.4 Å². The molecule has 0 saturated carbocycles. The molecule has 2 aromatic carbocycles. The Balaban J connectivity index is 1.66. The van der Waals surface area contributed by atoms with E-state index >= 15 is 0 Å². The van der Waals surface area contributed by atoms with Crippen molar-refractivity contribution in [1.82, 2.24) is 9.78 Å². The van der Waals surface area contributed by atoms with E-state index in [0.29, 0.717) is 11.3 Å². The molecule has 0 saturated heterocycles. The molecule has 1 aromatic heterocycles. The number of hydrogen-bond acceptors (Lipinski definition) is 5. The van der Waals surface area contributed by atoms with Crippen LogP contribution in [-0.2, 0) is 0 Å². The molecular weight excluding hydrogens is 461 g/mol. The van der Waals surface area contributed by atoms with Gasteiger partial charge < -0.3 is 20.1 Å². The average Bonchev–Trinajstić information content (AvgIpc) is 3.23. The maximum atomic E-state index is 13.9. The molecule has 1 amide bonds. The van der Waals surface area contributed by atoms with Crippen LogP contribution in [0.1, 0.15) is 34.6 Å².